The first-order chi connectivity index (χ1) is 8.17. The van der Waals surface area contributed by atoms with Gasteiger partial charge in [-0.25, -0.2) is 0 Å². The second-order valence-corrected chi connectivity index (χ2v) is 4.33. The van der Waals surface area contributed by atoms with Crippen molar-refractivity contribution in [2.24, 2.45) is 0 Å². The number of hydrogen-bond donors (Lipinski definition) is 1. The van der Waals surface area contributed by atoms with Crippen molar-refractivity contribution in [2.75, 3.05) is 12.9 Å². The van der Waals surface area contributed by atoms with Gasteiger partial charge >= 0.3 is 5.97 Å². The van der Waals surface area contributed by atoms with Gasteiger partial charge < -0.3 is 9.72 Å². The Labute approximate surface area is 104 Å². The molecule has 0 atom stereocenters. The summed E-state index contributed by atoms with van der Waals surface area (Å²) in [7, 11) is 0. The molecule has 0 bridgehead atoms. The molecule has 0 aliphatic rings. The zero-order valence-corrected chi connectivity index (χ0v) is 10.8. The van der Waals surface area contributed by atoms with Crippen LogP contribution in [0.25, 0.3) is 0 Å². The topological polar surface area (TPSA) is 72.0 Å². The van der Waals surface area contributed by atoms with Crippen molar-refractivity contribution in [3.05, 3.63) is 22.2 Å². The highest BCUT2D eigenvalue weighted by Gasteiger charge is 2.10. The smallest absolute Gasteiger partial charge is 0.312 e. The second kappa shape index (κ2) is 7.11. The lowest BCUT2D eigenvalue weighted by molar-refractivity contribution is -0.143. The van der Waals surface area contributed by atoms with Crippen molar-refractivity contribution in [3.8, 4) is 0 Å². The number of thioether (sulfide) groups is 1. The first-order valence-electron chi connectivity index (χ1n) is 5.45. The van der Waals surface area contributed by atoms with Crippen LogP contribution in [0, 0.1) is 0 Å². The highest BCUT2D eigenvalue weighted by atomic mass is 32.2. The molecule has 1 aromatic rings. The van der Waals surface area contributed by atoms with Gasteiger partial charge in [-0.3, -0.25) is 14.6 Å². The third kappa shape index (κ3) is 4.60. The van der Waals surface area contributed by atoms with E-state index in [0.29, 0.717) is 11.6 Å². The van der Waals surface area contributed by atoms with Gasteiger partial charge in [0.1, 0.15) is 5.69 Å². The molecule has 0 saturated heterocycles. The van der Waals surface area contributed by atoms with Crippen LogP contribution in [0.4, 0.5) is 0 Å². The van der Waals surface area contributed by atoms with Crippen molar-refractivity contribution in [1.29, 1.82) is 0 Å². The zero-order valence-electron chi connectivity index (χ0n) is 9.99. The molecule has 0 spiro atoms. The van der Waals surface area contributed by atoms with E-state index in [0.717, 1.165) is 12.8 Å². The van der Waals surface area contributed by atoms with Crippen molar-refractivity contribution < 1.29 is 9.53 Å². The molecule has 94 valence electrons. The summed E-state index contributed by atoms with van der Waals surface area (Å²) in [5.74, 6) is -0.409. The Morgan fingerprint density at radius 3 is 2.94 bits per heavy atom. The predicted octanol–water partition coefficient (Wildman–Crippen LogP) is 1.38. The Morgan fingerprint density at radius 1 is 1.59 bits per heavy atom. The van der Waals surface area contributed by atoms with Crippen LogP contribution in [0.2, 0.25) is 0 Å². The number of nitrogens with one attached hydrogen (secondary N) is 1. The van der Waals surface area contributed by atoms with Crippen LogP contribution in [0.3, 0.4) is 0 Å². The van der Waals surface area contributed by atoms with Crippen molar-refractivity contribution >= 4 is 17.7 Å². The van der Waals surface area contributed by atoms with Gasteiger partial charge in [0.25, 0.3) is 5.56 Å². The summed E-state index contributed by atoms with van der Waals surface area (Å²) in [6.07, 6.45) is 5.11. The number of ether oxygens (including phenoxy) is 1. The van der Waals surface area contributed by atoms with Gasteiger partial charge in [0.05, 0.1) is 24.3 Å². The Balaban J connectivity index is 2.56. The van der Waals surface area contributed by atoms with Crippen molar-refractivity contribution in [2.45, 2.75) is 31.2 Å². The van der Waals surface area contributed by atoms with Gasteiger partial charge in [-0.15, -0.1) is 11.8 Å². The molecule has 0 radical (unpaired) electrons. The average Bonchev–Trinajstić information content (AvgIpc) is 2.32. The number of esters is 1. The molecule has 1 aromatic heterocycles. The molecule has 0 amide bonds. The molecular weight excluding hydrogens is 240 g/mol. The minimum absolute atomic E-state index is 0.0757. The summed E-state index contributed by atoms with van der Waals surface area (Å²) in [4.78, 5) is 29.5. The van der Waals surface area contributed by atoms with E-state index in [1.165, 1.54) is 11.8 Å². The van der Waals surface area contributed by atoms with E-state index in [2.05, 4.69) is 9.97 Å². The van der Waals surface area contributed by atoms with Gasteiger partial charge in [-0.1, -0.05) is 13.3 Å². The lowest BCUT2D eigenvalue weighted by Crippen LogP contribution is -2.20. The molecule has 1 N–H and O–H groups in total. The van der Waals surface area contributed by atoms with E-state index in [-0.39, 0.29) is 17.7 Å². The van der Waals surface area contributed by atoms with Gasteiger partial charge in [0.2, 0.25) is 0 Å². The maximum atomic E-state index is 11.5. The first-order valence-corrected chi connectivity index (χ1v) is 6.67. The summed E-state index contributed by atoms with van der Waals surface area (Å²) in [5, 5.41) is 0.679. The summed E-state index contributed by atoms with van der Waals surface area (Å²) in [6.45, 7) is 2.41. The minimum Gasteiger partial charge on any atom is -0.465 e. The lowest BCUT2D eigenvalue weighted by atomic mass is 10.3. The molecule has 1 rings (SSSR count). The van der Waals surface area contributed by atoms with Crippen LogP contribution < -0.4 is 5.56 Å². The van der Waals surface area contributed by atoms with E-state index in [4.69, 9.17) is 4.74 Å². The number of H-pyrrole nitrogens is 1. The predicted molar refractivity (Wildman–Crippen MR) is 66.2 cm³/mol. The maximum absolute atomic E-state index is 11.5. The Bertz CT molecular complexity index is 431. The zero-order chi connectivity index (χ0) is 12.7. The molecular formula is C11H16N2O3S. The quantitative estimate of drug-likeness (QED) is 0.473. The number of aromatic amines is 1. The van der Waals surface area contributed by atoms with E-state index in [9.17, 15) is 9.59 Å². The molecule has 17 heavy (non-hydrogen) atoms. The molecule has 0 aromatic carbocycles. The molecule has 6 heteroatoms. The minimum atomic E-state index is -0.409. The summed E-state index contributed by atoms with van der Waals surface area (Å²) in [5.41, 5.74) is -0.131. The largest absolute Gasteiger partial charge is 0.465 e. The standard InChI is InChI=1S/C11H16N2O3S/c1-3-4-5-16-10(14)6-8-11(15)13-9(17-2)7-12-8/h7H,3-6H2,1-2H3,(H,13,15). The molecule has 0 aliphatic heterocycles. The van der Waals surface area contributed by atoms with Gasteiger partial charge in [-0.05, 0) is 12.7 Å². The van der Waals surface area contributed by atoms with Crippen molar-refractivity contribution in [1.82, 2.24) is 9.97 Å². The molecule has 5 nitrogen and oxygen atoms in total. The molecule has 1 heterocycles. The fourth-order valence-corrected chi connectivity index (χ4v) is 1.51. The Hall–Kier alpha value is -1.30. The third-order valence-corrected chi connectivity index (χ3v) is 2.78. The highest BCUT2D eigenvalue weighted by Crippen LogP contribution is 2.06. The van der Waals surface area contributed by atoms with Crippen LogP contribution >= 0.6 is 11.8 Å². The summed E-state index contributed by atoms with van der Waals surface area (Å²) >= 11 is 1.39. The van der Waals surface area contributed by atoms with Crippen LogP contribution in [0.1, 0.15) is 25.5 Å². The third-order valence-electron chi connectivity index (χ3n) is 2.13. The number of carbonyl (C=O) groups excluding carboxylic acids is 1. The number of unbranched alkanes of at least 4 members (excludes halogenated alkanes) is 1. The molecule has 0 saturated carbocycles. The Kier molecular flexibility index (Phi) is 5.76. The van der Waals surface area contributed by atoms with E-state index in [1.54, 1.807) is 6.20 Å². The summed E-state index contributed by atoms with van der Waals surface area (Å²) in [6, 6.07) is 0. The molecule has 0 fully saturated rings. The fourth-order valence-electron chi connectivity index (χ4n) is 1.16. The van der Waals surface area contributed by atoms with Gasteiger partial charge in [0.15, 0.2) is 0 Å². The van der Waals surface area contributed by atoms with Crippen molar-refractivity contribution in [3.63, 3.8) is 0 Å². The monoisotopic (exact) mass is 256 g/mol. The average molecular weight is 256 g/mol. The van der Waals surface area contributed by atoms with Crippen LogP contribution in [0.15, 0.2) is 16.0 Å². The number of hydrogen-bond acceptors (Lipinski definition) is 5. The lowest BCUT2D eigenvalue weighted by Gasteiger charge is -2.03. The normalized spacial score (nSPS) is 10.2. The maximum Gasteiger partial charge on any atom is 0.312 e. The van der Waals surface area contributed by atoms with E-state index in [1.807, 2.05) is 13.2 Å². The number of rotatable bonds is 6. The van der Waals surface area contributed by atoms with E-state index >= 15 is 0 Å². The van der Waals surface area contributed by atoms with Gasteiger partial charge in [-0.2, -0.15) is 0 Å². The van der Waals surface area contributed by atoms with Crippen LogP contribution in [-0.4, -0.2) is 28.8 Å². The Morgan fingerprint density at radius 2 is 2.35 bits per heavy atom. The second-order valence-electron chi connectivity index (χ2n) is 3.48. The first kappa shape index (κ1) is 13.8. The fraction of sp³-hybridized carbons (Fsp3) is 0.545. The van der Waals surface area contributed by atoms with Crippen LogP contribution in [-0.2, 0) is 16.0 Å². The molecule has 0 unspecified atom stereocenters. The summed E-state index contributed by atoms with van der Waals surface area (Å²) < 4.78 is 4.96. The van der Waals surface area contributed by atoms with Gasteiger partial charge in [0, 0.05) is 0 Å². The highest BCUT2D eigenvalue weighted by molar-refractivity contribution is 7.98. The number of nitrogens with zero attached hydrogens (tertiary/aromatic N) is 1. The number of carbonyl (C=O) groups is 1. The number of aromatic nitrogens is 2. The van der Waals surface area contributed by atoms with E-state index < -0.39 is 5.97 Å². The molecule has 0 aliphatic carbocycles. The van der Waals surface area contributed by atoms with Crippen LogP contribution in [0.5, 0.6) is 0 Å². The SMILES string of the molecule is CCCCOC(=O)Cc1ncc(SC)[nH]c1=O.